The number of carbonyl (C=O) groups is 1. The maximum Gasteiger partial charge on any atom is 0.424 e. The Labute approximate surface area is 183 Å². The monoisotopic (exact) mass is 461 g/mol. The zero-order valence-electron chi connectivity index (χ0n) is 16.6. The third-order valence-corrected chi connectivity index (χ3v) is 5.28. The van der Waals surface area contributed by atoms with E-state index < -0.39 is 6.09 Å². The quantitative estimate of drug-likeness (QED) is 0.348. The van der Waals surface area contributed by atoms with Gasteiger partial charge in [-0.05, 0) is 59.3 Å². The fourth-order valence-electron chi connectivity index (χ4n) is 3.22. The first-order chi connectivity index (χ1) is 14.5. The molecule has 6 heteroatoms. The minimum atomic E-state index is -0.480. The summed E-state index contributed by atoms with van der Waals surface area (Å²) in [5.41, 5.74) is 4.38. The molecule has 0 unspecified atom stereocenters. The van der Waals surface area contributed by atoms with Crippen LogP contribution in [0.4, 0.5) is 16.2 Å². The minimum absolute atomic E-state index is 0.480. The predicted octanol–water partition coefficient (Wildman–Crippen LogP) is 6.50. The first-order valence-electron chi connectivity index (χ1n) is 9.44. The van der Waals surface area contributed by atoms with Crippen molar-refractivity contribution in [1.82, 2.24) is 9.78 Å². The van der Waals surface area contributed by atoms with Crippen molar-refractivity contribution in [2.45, 2.75) is 6.92 Å². The van der Waals surface area contributed by atoms with Crippen molar-refractivity contribution in [1.29, 1.82) is 0 Å². The highest BCUT2D eigenvalue weighted by molar-refractivity contribution is 9.10. The summed E-state index contributed by atoms with van der Waals surface area (Å²) in [5, 5.41) is 4.29. The van der Waals surface area contributed by atoms with Crippen LogP contribution in [-0.4, -0.2) is 15.9 Å². The molecule has 0 N–H and O–H groups in total. The summed E-state index contributed by atoms with van der Waals surface area (Å²) in [7, 11) is 1.88. The number of ether oxygens (including phenoxy) is 1. The first-order valence-corrected chi connectivity index (χ1v) is 10.2. The summed E-state index contributed by atoms with van der Waals surface area (Å²) in [4.78, 5) is 14.8. The number of aryl methyl sites for hydroxylation is 2. The Bertz CT molecular complexity index is 1150. The van der Waals surface area contributed by atoms with Crippen molar-refractivity contribution in [3.63, 3.8) is 0 Å². The van der Waals surface area contributed by atoms with Crippen molar-refractivity contribution in [2.75, 3.05) is 4.90 Å². The third kappa shape index (κ3) is 4.14. The number of hydrogen-bond donors (Lipinski definition) is 0. The molecule has 4 aromatic rings. The summed E-state index contributed by atoms with van der Waals surface area (Å²) in [6.07, 6.45) is 1.27. The summed E-state index contributed by atoms with van der Waals surface area (Å²) in [6.45, 7) is 1.99. The van der Waals surface area contributed by atoms with Crippen LogP contribution in [0.25, 0.3) is 11.3 Å². The maximum absolute atomic E-state index is 13.2. The SMILES string of the molecule is Cc1ccc(OC(=O)N(c2ccccc2)c2cccc(-c3c(Br)cnn3C)c2)cc1. The number of aromatic nitrogens is 2. The van der Waals surface area contributed by atoms with E-state index >= 15 is 0 Å². The zero-order chi connectivity index (χ0) is 21.1. The second-order valence-electron chi connectivity index (χ2n) is 6.87. The van der Waals surface area contributed by atoms with Gasteiger partial charge in [0, 0.05) is 12.6 Å². The van der Waals surface area contributed by atoms with Crippen LogP contribution in [0.15, 0.2) is 89.5 Å². The molecular weight excluding hydrogens is 442 g/mol. The van der Waals surface area contributed by atoms with Gasteiger partial charge in [0.15, 0.2) is 0 Å². The molecule has 0 radical (unpaired) electrons. The largest absolute Gasteiger partial charge is 0.424 e. The van der Waals surface area contributed by atoms with Gasteiger partial charge in [-0.15, -0.1) is 0 Å². The molecule has 1 aromatic heterocycles. The third-order valence-electron chi connectivity index (χ3n) is 4.70. The van der Waals surface area contributed by atoms with Gasteiger partial charge in [-0.1, -0.05) is 48.0 Å². The standard InChI is InChI=1S/C24H20BrN3O2/c1-17-11-13-21(14-12-17)30-24(29)28(19-8-4-3-5-9-19)20-10-6-7-18(15-20)23-22(25)16-26-27(23)2/h3-16H,1-2H3. The molecule has 3 aromatic carbocycles. The van der Waals surface area contributed by atoms with E-state index in [1.807, 2.05) is 80.7 Å². The normalized spacial score (nSPS) is 10.6. The van der Waals surface area contributed by atoms with E-state index in [0.29, 0.717) is 11.4 Å². The van der Waals surface area contributed by atoms with Crippen LogP contribution in [0.2, 0.25) is 0 Å². The Hall–Kier alpha value is -3.38. The number of amides is 1. The van der Waals surface area contributed by atoms with E-state index in [2.05, 4.69) is 21.0 Å². The Morgan fingerprint density at radius 2 is 1.67 bits per heavy atom. The molecule has 0 aliphatic carbocycles. The van der Waals surface area contributed by atoms with Gasteiger partial charge in [0.1, 0.15) is 5.75 Å². The smallest absolute Gasteiger partial charge is 0.410 e. The number of anilines is 2. The number of nitrogens with zero attached hydrogens (tertiary/aromatic N) is 3. The summed E-state index contributed by atoms with van der Waals surface area (Å²) >= 11 is 3.55. The van der Waals surface area contributed by atoms with E-state index in [4.69, 9.17) is 4.74 Å². The molecule has 0 bridgehead atoms. The molecule has 0 aliphatic heterocycles. The molecule has 0 aliphatic rings. The Kier molecular flexibility index (Phi) is 5.68. The van der Waals surface area contributed by atoms with Crippen molar-refractivity contribution in [2.24, 2.45) is 7.05 Å². The topological polar surface area (TPSA) is 47.4 Å². The van der Waals surface area contributed by atoms with Gasteiger partial charge >= 0.3 is 6.09 Å². The van der Waals surface area contributed by atoms with Crippen LogP contribution >= 0.6 is 15.9 Å². The second kappa shape index (κ2) is 8.55. The maximum atomic E-state index is 13.2. The van der Waals surface area contributed by atoms with Gasteiger partial charge < -0.3 is 4.74 Å². The van der Waals surface area contributed by atoms with E-state index in [1.54, 1.807) is 27.9 Å². The minimum Gasteiger partial charge on any atom is -0.410 e. The molecule has 0 saturated heterocycles. The fraction of sp³-hybridized carbons (Fsp3) is 0.0833. The molecule has 0 saturated carbocycles. The number of para-hydroxylation sites is 1. The highest BCUT2D eigenvalue weighted by Gasteiger charge is 2.21. The lowest BCUT2D eigenvalue weighted by molar-refractivity contribution is 0.210. The molecule has 0 spiro atoms. The van der Waals surface area contributed by atoms with Gasteiger partial charge in [0.25, 0.3) is 0 Å². The molecular formula is C24H20BrN3O2. The van der Waals surface area contributed by atoms with Crippen LogP contribution in [0, 0.1) is 6.92 Å². The van der Waals surface area contributed by atoms with Crippen LogP contribution < -0.4 is 9.64 Å². The average Bonchev–Trinajstić information content (AvgIpc) is 3.09. The van der Waals surface area contributed by atoms with Crippen molar-refractivity contribution in [3.05, 3.63) is 95.1 Å². The number of hydrogen-bond acceptors (Lipinski definition) is 3. The Morgan fingerprint density at radius 1 is 0.967 bits per heavy atom. The lowest BCUT2D eigenvalue weighted by Crippen LogP contribution is -2.29. The summed E-state index contributed by atoms with van der Waals surface area (Å²) in [6, 6.07) is 24.6. The Morgan fingerprint density at radius 3 is 2.33 bits per heavy atom. The number of halogens is 1. The van der Waals surface area contributed by atoms with Gasteiger partial charge in [-0.3, -0.25) is 4.68 Å². The van der Waals surface area contributed by atoms with Crippen LogP contribution in [0.1, 0.15) is 5.56 Å². The molecule has 0 fully saturated rings. The molecule has 4 rings (SSSR count). The van der Waals surface area contributed by atoms with E-state index in [-0.39, 0.29) is 0 Å². The zero-order valence-corrected chi connectivity index (χ0v) is 18.2. The van der Waals surface area contributed by atoms with Gasteiger partial charge in [-0.25, -0.2) is 9.69 Å². The molecule has 150 valence electrons. The number of carbonyl (C=O) groups excluding carboxylic acids is 1. The lowest BCUT2D eigenvalue weighted by atomic mass is 10.1. The van der Waals surface area contributed by atoms with Crippen molar-refractivity contribution < 1.29 is 9.53 Å². The van der Waals surface area contributed by atoms with Gasteiger partial charge in [0.2, 0.25) is 0 Å². The van der Waals surface area contributed by atoms with Crippen LogP contribution in [0.5, 0.6) is 5.75 Å². The summed E-state index contributed by atoms with van der Waals surface area (Å²) in [5.74, 6) is 0.497. The Balaban J connectivity index is 1.74. The number of benzene rings is 3. The fourth-order valence-corrected chi connectivity index (χ4v) is 3.79. The van der Waals surface area contributed by atoms with E-state index in [1.165, 1.54) is 0 Å². The second-order valence-corrected chi connectivity index (χ2v) is 7.72. The van der Waals surface area contributed by atoms with Gasteiger partial charge in [-0.2, -0.15) is 5.10 Å². The molecule has 30 heavy (non-hydrogen) atoms. The van der Waals surface area contributed by atoms with Crippen molar-refractivity contribution >= 4 is 33.4 Å². The lowest BCUT2D eigenvalue weighted by Gasteiger charge is -2.23. The average molecular weight is 462 g/mol. The highest BCUT2D eigenvalue weighted by atomic mass is 79.9. The van der Waals surface area contributed by atoms with E-state index in [9.17, 15) is 4.79 Å². The first kappa shape index (κ1) is 19.9. The van der Waals surface area contributed by atoms with Gasteiger partial charge in [0.05, 0.1) is 27.7 Å². The number of rotatable bonds is 4. The molecule has 1 heterocycles. The predicted molar refractivity (Wildman–Crippen MR) is 122 cm³/mol. The van der Waals surface area contributed by atoms with Crippen LogP contribution in [-0.2, 0) is 7.05 Å². The van der Waals surface area contributed by atoms with Crippen LogP contribution in [0.3, 0.4) is 0 Å². The van der Waals surface area contributed by atoms with Crippen molar-refractivity contribution in [3.8, 4) is 17.0 Å². The highest BCUT2D eigenvalue weighted by Crippen LogP contribution is 2.33. The molecule has 5 nitrogen and oxygen atoms in total. The molecule has 1 amide bonds. The van der Waals surface area contributed by atoms with E-state index in [0.717, 1.165) is 27.0 Å². The molecule has 0 atom stereocenters. The summed E-state index contributed by atoms with van der Waals surface area (Å²) < 4.78 is 8.36.